The minimum Gasteiger partial charge on any atom is -0.480 e. The van der Waals surface area contributed by atoms with Crippen LogP contribution >= 0.6 is 0 Å². The number of rotatable bonds is 5. The predicted octanol–water partition coefficient (Wildman–Crippen LogP) is 0.675. The van der Waals surface area contributed by atoms with Crippen LogP contribution in [0.25, 0.3) is 0 Å². The van der Waals surface area contributed by atoms with Crippen molar-refractivity contribution >= 4 is 5.97 Å². The molecule has 0 aromatic carbocycles. The molecule has 0 bridgehead atoms. The third kappa shape index (κ3) is 3.27. The van der Waals surface area contributed by atoms with E-state index < -0.39 is 5.97 Å². The zero-order valence-electron chi connectivity index (χ0n) is 8.90. The van der Waals surface area contributed by atoms with Crippen molar-refractivity contribution in [1.29, 1.82) is 0 Å². The van der Waals surface area contributed by atoms with Crippen molar-refractivity contribution in [2.24, 2.45) is 11.8 Å². The lowest BCUT2D eigenvalue weighted by molar-refractivity contribution is -0.138. The lowest BCUT2D eigenvalue weighted by atomic mass is 9.99. The number of hydrogen-bond donors (Lipinski definition) is 1. The molecule has 0 aliphatic carbocycles. The van der Waals surface area contributed by atoms with Gasteiger partial charge in [0.25, 0.3) is 0 Å². The first-order valence-corrected chi connectivity index (χ1v) is 5.15. The van der Waals surface area contributed by atoms with Crippen molar-refractivity contribution in [3.05, 3.63) is 0 Å². The van der Waals surface area contributed by atoms with Crippen LogP contribution in [-0.2, 0) is 9.53 Å². The van der Waals surface area contributed by atoms with Crippen LogP contribution in [0.1, 0.15) is 13.8 Å². The molecule has 1 aliphatic rings. The van der Waals surface area contributed by atoms with E-state index in [0.717, 1.165) is 26.3 Å². The van der Waals surface area contributed by atoms with E-state index in [1.54, 1.807) is 0 Å². The number of ether oxygens (including phenoxy) is 1. The van der Waals surface area contributed by atoms with Crippen LogP contribution < -0.4 is 0 Å². The Balaban J connectivity index is 2.31. The minimum atomic E-state index is -0.741. The molecule has 0 spiro atoms. The molecule has 14 heavy (non-hydrogen) atoms. The van der Waals surface area contributed by atoms with Gasteiger partial charge in [-0.25, -0.2) is 0 Å². The summed E-state index contributed by atoms with van der Waals surface area (Å²) in [5.74, 6) is 0.296. The summed E-state index contributed by atoms with van der Waals surface area (Å²) < 4.78 is 5.37. The van der Waals surface area contributed by atoms with Crippen molar-refractivity contribution in [1.82, 2.24) is 4.90 Å². The molecule has 0 aromatic rings. The molecule has 1 fully saturated rings. The highest BCUT2D eigenvalue weighted by atomic mass is 16.5. The van der Waals surface area contributed by atoms with Gasteiger partial charge in [0.05, 0.1) is 13.2 Å². The number of hydrogen-bond acceptors (Lipinski definition) is 3. The summed E-state index contributed by atoms with van der Waals surface area (Å²) in [6.45, 7) is 7.53. The van der Waals surface area contributed by atoms with Crippen molar-refractivity contribution in [3.63, 3.8) is 0 Å². The van der Waals surface area contributed by atoms with Gasteiger partial charge < -0.3 is 9.84 Å². The van der Waals surface area contributed by atoms with Gasteiger partial charge in [-0.3, -0.25) is 9.69 Å². The molecule has 1 aliphatic heterocycles. The molecule has 82 valence electrons. The van der Waals surface area contributed by atoms with E-state index in [4.69, 9.17) is 9.84 Å². The van der Waals surface area contributed by atoms with Gasteiger partial charge >= 0.3 is 5.97 Å². The largest absolute Gasteiger partial charge is 0.480 e. The molecule has 0 aromatic heterocycles. The molecule has 4 nitrogen and oxygen atoms in total. The fourth-order valence-corrected chi connectivity index (χ4v) is 1.95. The van der Waals surface area contributed by atoms with Gasteiger partial charge in [0.2, 0.25) is 0 Å². The Morgan fingerprint density at radius 1 is 1.57 bits per heavy atom. The monoisotopic (exact) mass is 201 g/mol. The molecule has 4 heteroatoms. The van der Waals surface area contributed by atoms with Crippen molar-refractivity contribution in [3.8, 4) is 0 Å². The standard InChI is InChI=1S/C10H19NO3/c1-3-14-7-9-5-11(4-8(9)2)6-10(12)13/h8-9H,3-7H2,1-2H3,(H,12,13)/t8-,9+/m1/s1. The third-order valence-electron chi connectivity index (χ3n) is 2.74. The predicted molar refractivity (Wildman–Crippen MR) is 53.2 cm³/mol. The summed E-state index contributed by atoms with van der Waals surface area (Å²) in [6, 6.07) is 0. The van der Waals surface area contributed by atoms with Crippen LogP contribution in [0.5, 0.6) is 0 Å². The first-order chi connectivity index (χ1) is 6.63. The normalized spacial score (nSPS) is 28.1. The summed E-state index contributed by atoms with van der Waals surface area (Å²) in [5, 5.41) is 8.65. The zero-order chi connectivity index (χ0) is 10.6. The number of aliphatic carboxylic acids is 1. The number of carbonyl (C=O) groups is 1. The van der Waals surface area contributed by atoms with Gasteiger partial charge in [-0.1, -0.05) is 6.92 Å². The van der Waals surface area contributed by atoms with E-state index >= 15 is 0 Å². The average Bonchev–Trinajstić information content (AvgIpc) is 2.41. The maximum Gasteiger partial charge on any atom is 0.317 e. The summed E-state index contributed by atoms with van der Waals surface area (Å²) >= 11 is 0. The van der Waals surface area contributed by atoms with Crippen LogP contribution in [0, 0.1) is 11.8 Å². The van der Waals surface area contributed by atoms with Crippen LogP contribution in [0.2, 0.25) is 0 Å². The first-order valence-electron chi connectivity index (χ1n) is 5.15. The van der Waals surface area contributed by atoms with E-state index in [2.05, 4.69) is 6.92 Å². The minimum absolute atomic E-state index is 0.160. The van der Waals surface area contributed by atoms with E-state index in [1.165, 1.54) is 0 Å². The summed E-state index contributed by atoms with van der Waals surface area (Å²) in [5.41, 5.74) is 0. The molecule has 0 saturated carbocycles. The second-order valence-electron chi connectivity index (χ2n) is 3.98. The highest BCUT2D eigenvalue weighted by Gasteiger charge is 2.30. The van der Waals surface area contributed by atoms with Crippen molar-refractivity contribution in [2.45, 2.75) is 13.8 Å². The Morgan fingerprint density at radius 2 is 2.29 bits per heavy atom. The SMILES string of the molecule is CCOC[C@@H]1CN(CC(=O)O)C[C@H]1C. The molecule has 2 atom stereocenters. The molecule has 1 heterocycles. The lowest BCUT2D eigenvalue weighted by Gasteiger charge is -2.13. The van der Waals surface area contributed by atoms with E-state index in [0.29, 0.717) is 11.8 Å². The van der Waals surface area contributed by atoms with E-state index in [-0.39, 0.29) is 6.54 Å². The second kappa shape index (κ2) is 5.32. The van der Waals surface area contributed by atoms with Crippen LogP contribution in [0.15, 0.2) is 0 Å². The highest BCUT2D eigenvalue weighted by Crippen LogP contribution is 2.22. The fourth-order valence-electron chi connectivity index (χ4n) is 1.95. The lowest BCUT2D eigenvalue weighted by Crippen LogP contribution is -2.28. The van der Waals surface area contributed by atoms with Crippen molar-refractivity contribution < 1.29 is 14.6 Å². The van der Waals surface area contributed by atoms with E-state index in [1.807, 2.05) is 11.8 Å². The zero-order valence-corrected chi connectivity index (χ0v) is 8.90. The van der Waals surface area contributed by atoms with Crippen molar-refractivity contribution in [2.75, 3.05) is 32.8 Å². The molecule has 0 unspecified atom stereocenters. The summed E-state index contributed by atoms with van der Waals surface area (Å²) in [7, 11) is 0. The second-order valence-corrected chi connectivity index (χ2v) is 3.98. The Bertz CT molecular complexity index is 196. The Morgan fingerprint density at radius 3 is 2.86 bits per heavy atom. The van der Waals surface area contributed by atoms with Gasteiger partial charge in [-0.05, 0) is 18.8 Å². The highest BCUT2D eigenvalue weighted by molar-refractivity contribution is 5.69. The third-order valence-corrected chi connectivity index (χ3v) is 2.74. The maximum atomic E-state index is 10.5. The molecular weight excluding hydrogens is 182 g/mol. The fraction of sp³-hybridized carbons (Fsp3) is 0.900. The molecule has 1 saturated heterocycles. The van der Waals surface area contributed by atoms with E-state index in [9.17, 15) is 4.79 Å². The Kier molecular flexibility index (Phi) is 4.35. The molecule has 0 amide bonds. The van der Waals surface area contributed by atoms with Gasteiger partial charge in [0.1, 0.15) is 0 Å². The summed E-state index contributed by atoms with van der Waals surface area (Å²) in [4.78, 5) is 12.5. The molecular formula is C10H19NO3. The van der Waals surface area contributed by atoms with Crippen LogP contribution in [0.3, 0.4) is 0 Å². The molecule has 1 rings (SSSR count). The Labute approximate surface area is 84.8 Å². The van der Waals surface area contributed by atoms with Gasteiger partial charge in [-0.2, -0.15) is 0 Å². The average molecular weight is 201 g/mol. The van der Waals surface area contributed by atoms with Crippen LogP contribution in [-0.4, -0.2) is 48.8 Å². The summed E-state index contributed by atoms with van der Waals surface area (Å²) in [6.07, 6.45) is 0. The number of carboxylic acids is 1. The number of likely N-dealkylation sites (tertiary alicyclic amines) is 1. The maximum absolute atomic E-state index is 10.5. The Hall–Kier alpha value is -0.610. The first kappa shape index (κ1) is 11.5. The van der Waals surface area contributed by atoms with Crippen LogP contribution in [0.4, 0.5) is 0 Å². The number of nitrogens with zero attached hydrogens (tertiary/aromatic N) is 1. The number of carboxylic acid groups (broad SMARTS) is 1. The molecule has 0 radical (unpaired) electrons. The smallest absolute Gasteiger partial charge is 0.317 e. The van der Waals surface area contributed by atoms with Gasteiger partial charge in [-0.15, -0.1) is 0 Å². The molecule has 1 N–H and O–H groups in total. The van der Waals surface area contributed by atoms with Gasteiger partial charge in [0.15, 0.2) is 0 Å². The topological polar surface area (TPSA) is 49.8 Å². The van der Waals surface area contributed by atoms with Gasteiger partial charge in [0, 0.05) is 19.7 Å². The quantitative estimate of drug-likeness (QED) is 0.710.